The molecule has 2 aromatic rings. The summed E-state index contributed by atoms with van der Waals surface area (Å²) < 4.78 is 11.1. The maximum absolute atomic E-state index is 12.6. The first-order valence-electron chi connectivity index (χ1n) is 10.0. The van der Waals surface area contributed by atoms with Crippen LogP contribution in [-0.4, -0.2) is 41.6 Å². The molecule has 2 aromatic carbocycles. The van der Waals surface area contributed by atoms with Gasteiger partial charge in [-0.05, 0) is 36.8 Å². The van der Waals surface area contributed by atoms with E-state index < -0.39 is 12.5 Å². The van der Waals surface area contributed by atoms with E-state index in [1.54, 1.807) is 4.90 Å². The van der Waals surface area contributed by atoms with Crippen LogP contribution in [0, 0.1) is 0 Å². The van der Waals surface area contributed by atoms with E-state index in [4.69, 9.17) is 9.47 Å². The molecule has 0 aliphatic carbocycles. The fourth-order valence-corrected chi connectivity index (χ4v) is 3.50. The molecular formula is C23H29NO4. The van der Waals surface area contributed by atoms with E-state index in [0.29, 0.717) is 26.2 Å². The minimum Gasteiger partial charge on any atom is -0.465 e. The molecule has 0 saturated carbocycles. The number of hydrogen-bond donors (Lipinski definition) is 1. The van der Waals surface area contributed by atoms with Crippen LogP contribution in [-0.2, 0) is 27.3 Å². The van der Waals surface area contributed by atoms with Gasteiger partial charge in [0.25, 0.3) is 0 Å². The maximum Gasteiger partial charge on any atom is 0.323 e. The number of nitrogens with zero attached hydrogens (tertiary/aromatic N) is 1. The SMILES string of the molecule is O=C(OCCCc1ccccc1)C1CCCCN1C(O)OCc1ccccc1. The van der Waals surface area contributed by atoms with E-state index in [-0.39, 0.29) is 5.97 Å². The van der Waals surface area contributed by atoms with E-state index >= 15 is 0 Å². The summed E-state index contributed by atoms with van der Waals surface area (Å²) in [5.74, 6) is -0.268. The fourth-order valence-electron chi connectivity index (χ4n) is 3.50. The third-order valence-electron chi connectivity index (χ3n) is 5.04. The molecule has 1 heterocycles. The Morgan fingerprint density at radius 2 is 1.71 bits per heavy atom. The van der Waals surface area contributed by atoms with Crippen LogP contribution < -0.4 is 0 Å². The molecule has 3 rings (SSSR count). The van der Waals surface area contributed by atoms with Crippen molar-refractivity contribution in [3.05, 3.63) is 71.8 Å². The molecule has 2 unspecified atom stereocenters. The summed E-state index contributed by atoms with van der Waals surface area (Å²) in [5.41, 5.74) is 2.22. The van der Waals surface area contributed by atoms with E-state index in [9.17, 15) is 9.90 Å². The van der Waals surface area contributed by atoms with Crippen LogP contribution >= 0.6 is 0 Å². The molecule has 1 N–H and O–H groups in total. The van der Waals surface area contributed by atoms with Crippen LogP contribution in [0.2, 0.25) is 0 Å². The number of rotatable bonds is 9. The lowest BCUT2D eigenvalue weighted by atomic mass is 10.0. The van der Waals surface area contributed by atoms with Gasteiger partial charge in [-0.2, -0.15) is 0 Å². The highest BCUT2D eigenvalue weighted by Gasteiger charge is 2.34. The van der Waals surface area contributed by atoms with Gasteiger partial charge in [0.15, 0.2) is 0 Å². The van der Waals surface area contributed by atoms with Gasteiger partial charge in [-0.3, -0.25) is 4.79 Å². The molecule has 2 atom stereocenters. The van der Waals surface area contributed by atoms with Gasteiger partial charge in [-0.1, -0.05) is 67.1 Å². The van der Waals surface area contributed by atoms with Crippen molar-refractivity contribution in [1.82, 2.24) is 4.90 Å². The number of carbonyl (C=O) groups is 1. The number of piperidine rings is 1. The highest BCUT2D eigenvalue weighted by molar-refractivity contribution is 5.75. The molecule has 1 aliphatic rings. The number of ether oxygens (including phenoxy) is 2. The third-order valence-corrected chi connectivity index (χ3v) is 5.04. The Balaban J connectivity index is 1.45. The lowest BCUT2D eigenvalue weighted by Gasteiger charge is -2.36. The number of carbonyl (C=O) groups excluding carboxylic acids is 1. The van der Waals surface area contributed by atoms with Crippen LogP contribution in [0.25, 0.3) is 0 Å². The van der Waals surface area contributed by atoms with Crippen molar-refractivity contribution in [2.75, 3.05) is 13.2 Å². The average Bonchev–Trinajstić information content (AvgIpc) is 2.76. The lowest BCUT2D eigenvalue weighted by molar-refractivity contribution is -0.222. The molecule has 150 valence electrons. The highest BCUT2D eigenvalue weighted by Crippen LogP contribution is 2.21. The number of aryl methyl sites for hydroxylation is 1. The zero-order chi connectivity index (χ0) is 19.6. The summed E-state index contributed by atoms with van der Waals surface area (Å²) in [6.07, 6.45) is 3.13. The predicted octanol–water partition coefficient (Wildman–Crippen LogP) is 3.51. The molecule has 0 spiro atoms. The van der Waals surface area contributed by atoms with Crippen LogP contribution in [0.15, 0.2) is 60.7 Å². The molecule has 1 aliphatic heterocycles. The first kappa shape index (κ1) is 20.5. The Bertz CT molecular complexity index is 707. The normalized spacial score (nSPS) is 18.5. The van der Waals surface area contributed by atoms with Crippen LogP contribution in [0.3, 0.4) is 0 Å². The summed E-state index contributed by atoms with van der Waals surface area (Å²) in [4.78, 5) is 14.3. The van der Waals surface area contributed by atoms with E-state index in [0.717, 1.165) is 31.2 Å². The smallest absolute Gasteiger partial charge is 0.323 e. The second kappa shape index (κ2) is 11.0. The largest absolute Gasteiger partial charge is 0.465 e. The molecule has 1 saturated heterocycles. The zero-order valence-corrected chi connectivity index (χ0v) is 16.2. The van der Waals surface area contributed by atoms with Gasteiger partial charge in [-0.25, -0.2) is 4.90 Å². The zero-order valence-electron chi connectivity index (χ0n) is 16.2. The molecular weight excluding hydrogens is 354 g/mol. The molecule has 5 heteroatoms. The maximum atomic E-state index is 12.6. The fraction of sp³-hybridized carbons (Fsp3) is 0.435. The number of aliphatic hydroxyl groups is 1. The van der Waals surface area contributed by atoms with Gasteiger partial charge >= 0.3 is 5.97 Å². The first-order chi connectivity index (χ1) is 13.7. The van der Waals surface area contributed by atoms with Gasteiger partial charge in [0.05, 0.1) is 13.2 Å². The van der Waals surface area contributed by atoms with Crippen molar-refractivity contribution < 1.29 is 19.4 Å². The summed E-state index contributed by atoms with van der Waals surface area (Å²) >= 11 is 0. The van der Waals surface area contributed by atoms with Crippen molar-refractivity contribution in [3.8, 4) is 0 Å². The standard InChI is InChI=1S/C23H29NO4/c25-22(27-17-9-14-19-10-3-1-4-11-19)21-15-7-8-16-24(21)23(26)28-18-20-12-5-2-6-13-20/h1-6,10-13,21,23,26H,7-9,14-18H2. The predicted molar refractivity (Wildman–Crippen MR) is 107 cm³/mol. The van der Waals surface area contributed by atoms with Crippen molar-refractivity contribution in [2.24, 2.45) is 0 Å². The van der Waals surface area contributed by atoms with Gasteiger partial charge in [0, 0.05) is 6.54 Å². The van der Waals surface area contributed by atoms with Crippen LogP contribution in [0.4, 0.5) is 0 Å². The van der Waals surface area contributed by atoms with E-state index in [1.165, 1.54) is 5.56 Å². The van der Waals surface area contributed by atoms with Crippen LogP contribution in [0.5, 0.6) is 0 Å². The van der Waals surface area contributed by atoms with Gasteiger partial charge < -0.3 is 14.6 Å². The first-order valence-corrected chi connectivity index (χ1v) is 10.0. The van der Waals surface area contributed by atoms with Crippen LogP contribution in [0.1, 0.15) is 36.8 Å². The topological polar surface area (TPSA) is 59.0 Å². The summed E-state index contributed by atoms with van der Waals surface area (Å²) in [6, 6.07) is 19.4. The summed E-state index contributed by atoms with van der Waals surface area (Å²) in [7, 11) is 0. The minimum atomic E-state index is -1.11. The van der Waals surface area contributed by atoms with Crippen molar-refractivity contribution >= 4 is 5.97 Å². The van der Waals surface area contributed by atoms with Gasteiger partial charge in [0.2, 0.25) is 6.41 Å². The van der Waals surface area contributed by atoms with Gasteiger partial charge in [0.1, 0.15) is 6.04 Å². The number of hydrogen-bond acceptors (Lipinski definition) is 5. The van der Waals surface area contributed by atoms with E-state index in [2.05, 4.69) is 12.1 Å². The molecule has 0 radical (unpaired) electrons. The minimum absolute atomic E-state index is 0.268. The lowest BCUT2D eigenvalue weighted by Crippen LogP contribution is -2.51. The van der Waals surface area contributed by atoms with Crippen molar-refractivity contribution in [2.45, 2.75) is 51.2 Å². The number of likely N-dealkylation sites (tertiary alicyclic amines) is 1. The number of aliphatic hydroxyl groups excluding tert-OH is 1. The second-order valence-corrected chi connectivity index (χ2v) is 7.13. The van der Waals surface area contributed by atoms with Crippen molar-refractivity contribution in [1.29, 1.82) is 0 Å². The van der Waals surface area contributed by atoms with Gasteiger partial charge in [-0.15, -0.1) is 0 Å². The molecule has 5 nitrogen and oxygen atoms in total. The highest BCUT2D eigenvalue weighted by atomic mass is 16.6. The number of benzene rings is 2. The third kappa shape index (κ3) is 6.16. The van der Waals surface area contributed by atoms with Crippen molar-refractivity contribution in [3.63, 3.8) is 0 Å². The summed E-state index contributed by atoms with van der Waals surface area (Å²) in [5, 5.41) is 10.5. The Kier molecular flexibility index (Phi) is 8.03. The molecule has 0 amide bonds. The molecule has 0 aromatic heterocycles. The quantitative estimate of drug-likeness (QED) is 0.408. The Morgan fingerprint density at radius 1 is 1.04 bits per heavy atom. The summed E-state index contributed by atoms with van der Waals surface area (Å²) in [6.45, 7) is 1.32. The number of esters is 1. The molecule has 0 bridgehead atoms. The Morgan fingerprint density at radius 3 is 2.43 bits per heavy atom. The second-order valence-electron chi connectivity index (χ2n) is 7.13. The Labute approximate surface area is 166 Å². The Hall–Kier alpha value is -2.21. The molecule has 1 fully saturated rings. The average molecular weight is 383 g/mol. The molecule has 28 heavy (non-hydrogen) atoms. The monoisotopic (exact) mass is 383 g/mol. The van der Waals surface area contributed by atoms with E-state index in [1.807, 2.05) is 48.5 Å².